The van der Waals surface area contributed by atoms with E-state index in [1.807, 2.05) is 41.7 Å². The normalized spacial score (nSPS) is 11.1. The Balaban J connectivity index is 1.96. The third-order valence-corrected chi connectivity index (χ3v) is 4.05. The highest BCUT2D eigenvalue weighted by atomic mass is 35.5. The van der Waals surface area contributed by atoms with Crippen molar-refractivity contribution in [1.29, 1.82) is 0 Å². The molecule has 4 aromatic rings. The van der Waals surface area contributed by atoms with Crippen LogP contribution in [0.3, 0.4) is 0 Å². The molecule has 2 heterocycles. The summed E-state index contributed by atoms with van der Waals surface area (Å²) in [5.41, 5.74) is 2.31. The molecule has 7 heteroatoms. The highest BCUT2D eigenvalue weighted by Crippen LogP contribution is 2.31. The largest absolute Gasteiger partial charge is 0.495 e. The van der Waals surface area contributed by atoms with Gasteiger partial charge in [0, 0.05) is 10.4 Å². The first-order valence-corrected chi connectivity index (χ1v) is 7.76. The number of hydrogen-bond donors (Lipinski definition) is 1. The van der Waals surface area contributed by atoms with Gasteiger partial charge in [0.25, 0.3) is 0 Å². The third kappa shape index (κ3) is 2.32. The van der Waals surface area contributed by atoms with E-state index >= 15 is 0 Å². The van der Waals surface area contributed by atoms with Crippen LogP contribution in [0.15, 0.2) is 42.5 Å². The summed E-state index contributed by atoms with van der Waals surface area (Å²) in [6.07, 6.45) is 0. The summed E-state index contributed by atoms with van der Waals surface area (Å²) >= 11 is 6.12. The number of methoxy groups -OCH3 is 1. The van der Waals surface area contributed by atoms with Crippen molar-refractivity contribution in [1.82, 2.24) is 19.6 Å². The fourth-order valence-corrected chi connectivity index (χ4v) is 2.87. The molecule has 0 bridgehead atoms. The molecule has 0 fully saturated rings. The van der Waals surface area contributed by atoms with E-state index in [0.29, 0.717) is 16.7 Å². The van der Waals surface area contributed by atoms with E-state index in [9.17, 15) is 0 Å². The highest BCUT2D eigenvalue weighted by molar-refractivity contribution is 6.31. The number of hydrogen-bond acceptors (Lipinski definition) is 5. The molecule has 6 nitrogen and oxygen atoms in total. The molecule has 4 rings (SSSR count). The van der Waals surface area contributed by atoms with E-state index in [-0.39, 0.29) is 0 Å². The lowest BCUT2D eigenvalue weighted by molar-refractivity contribution is 0.417. The van der Waals surface area contributed by atoms with Gasteiger partial charge in [0.1, 0.15) is 11.6 Å². The molecule has 2 aromatic carbocycles. The molecule has 120 valence electrons. The molecule has 0 atom stereocenters. The molecule has 24 heavy (non-hydrogen) atoms. The van der Waals surface area contributed by atoms with Gasteiger partial charge in [-0.15, -0.1) is 10.2 Å². The number of para-hydroxylation sites is 1. The van der Waals surface area contributed by atoms with Gasteiger partial charge in [-0.1, -0.05) is 23.7 Å². The highest BCUT2D eigenvalue weighted by Gasteiger charge is 2.14. The van der Waals surface area contributed by atoms with Crippen molar-refractivity contribution >= 4 is 39.8 Å². The number of rotatable bonds is 3. The monoisotopic (exact) mass is 339 g/mol. The summed E-state index contributed by atoms with van der Waals surface area (Å²) < 4.78 is 7.27. The van der Waals surface area contributed by atoms with Crippen LogP contribution in [0, 0.1) is 6.92 Å². The lowest BCUT2D eigenvalue weighted by atomic mass is 10.2. The smallest absolute Gasteiger partial charge is 0.215 e. The molecule has 0 unspecified atom stereocenters. The predicted molar refractivity (Wildman–Crippen MR) is 94.3 cm³/mol. The van der Waals surface area contributed by atoms with Crippen molar-refractivity contribution in [3.63, 3.8) is 0 Å². The van der Waals surface area contributed by atoms with Crippen molar-refractivity contribution in [3.8, 4) is 5.75 Å². The summed E-state index contributed by atoms with van der Waals surface area (Å²) in [4.78, 5) is 4.71. The zero-order chi connectivity index (χ0) is 16.7. The van der Waals surface area contributed by atoms with Gasteiger partial charge in [-0.2, -0.15) is 0 Å². The second-order valence-electron chi connectivity index (χ2n) is 5.33. The number of aryl methyl sites for hydroxylation is 1. The number of nitrogens with one attached hydrogen (secondary N) is 1. The van der Waals surface area contributed by atoms with Gasteiger partial charge in [0.2, 0.25) is 5.95 Å². The zero-order valence-corrected chi connectivity index (χ0v) is 13.9. The van der Waals surface area contributed by atoms with E-state index in [1.165, 1.54) is 0 Å². The molecule has 0 saturated carbocycles. The van der Waals surface area contributed by atoms with E-state index in [1.54, 1.807) is 19.2 Å². The molecule has 1 N–H and O–H groups in total. The summed E-state index contributed by atoms with van der Waals surface area (Å²) in [6, 6.07) is 13.2. The van der Waals surface area contributed by atoms with E-state index in [4.69, 9.17) is 21.3 Å². The maximum absolute atomic E-state index is 6.12. The minimum absolute atomic E-state index is 0.603. The molecule has 0 aliphatic carbocycles. The third-order valence-electron chi connectivity index (χ3n) is 3.82. The summed E-state index contributed by atoms with van der Waals surface area (Å²) in [5, 5.41) is 13.3. The number of ether oxygens (including phenoxy) is 1. The van der Waals surface area contributed by atoms with Crippen LogP contribution in [0.5, 0.6) is 5.75 Å². The quantitative estimate of drug-likeness (QED) is 0.611. The Kier molecular flexibility index (Phi) is 3.46. The first kappa shape index (κ1) is 14.7. The Bertz CT molecular complexity index is 1060. The lowest BCUT2D eigenvalue weighted by Crippen LogP contribution is -2.05. The molecule has 0 amide bonds. The molecule has 0 aliphatic heterocycles. The molecular formula is C17H14ClN5O. The van der Waals surface area contributed by atoms with Gasteiger partial charge in [-0.05, 0) is 37.3 Å². The van der Waals surface area contributed by atoms with E-state index in [2.05, 4.69) is 15.5 Å². The van der Waals surface area contributed by atoms with Gasteiger partial charge in [0.05, 0.1) is 18.3 Å². The van der Waals surface area contributed by atoms with Gasteiger partial charge in [-0.25, -0.2) is 9.38 Å². The van der Waals surface area contributed by atoms with Crippen molar-refractivity contribution < 1.29 is 4.74 Å². The Labute approximate surface area is 143 Å². The van der Waals surface area contributed by atoms with Crippen LogP contribution in [-0.4, -0.2) is 26.7 Å². The standard InChI is InChI=1S/C17H14ClN5O/c1-10-21-22-16-12-5-3-4-6-13(12)19-17(23(10)16)20-14-9-11(18)7-8-15(14)24-2/h3-9H,1-2H3,(H,19,20). The molecular weight excluding hydrogens is 326 g/mol. The second kappa shape index (κ2) is 5.65. The summed E-state index contributed by atoms with van der Waals surface area (Å²) in [7, 11) is 1.61. The Morgan fingerprint density at radius 1 is 1.12 bits per heavy atom. The average molecular weight is 340 g/mol. The van der Waals surface area contributed by atoms with Crippen LogP contribution in [0.4, 0.5) is 11.6 Å². The molecule has 2 aromatic heterocycles. The number of anilines is 2. The first-order valence-electron chi connectivity index (χ1n) is 7.38. The lowest BCUT2D eigenvalue weighted by Gasteiger charge is -2.13. The van der Waals surface area contributed by atoms with E-state index in [0.717, 1.165) is 28.1 Å². The maximum atomic E-state index is 6.12. The SMILES string of the molecule is COc1ccc(Cl)cc1Nc1nc2ccccc2c2nnc(C)n12. The van der Waals surface area contributed by atoms with Gasteiger partial charge < -0.3 is 10.1 Å². The predicted octanol–water partition coefficient (Wildman–Crippen LogP) is 3.99. The topological polar surface area (TPSA) is 64.3 Å². The molecule has 0 radical (unpaired) electrons. The summed E-state index contributed by atoms with van der Waals surface area (Å²) in [6.45, 7) is 1.89. The fraction of sp³-hybridized carbons (Fsp3) is 0.118. The summed E-state index contributed by atoms with van der Waals surface area (Å²) in [5.74, 6) is 2.02. The number of benzene rings is 2. The van der Waals surface area contributed by atoms with Gasteiger partial charge >= 0.3 is 0 Å². The number of aromatic nitrogens is 4. The van der Waals surface area contributed by atoms with E-state index < -0.39 is 0 Å². The average Bonchev–Trinajstić information content (AvgIpc) is 2.98. The maximum Gasteiger partial charge on any atom is 0.215 e. The molecule has 0 saturated heterocycles. The number of fused-ring (bicyclic) bond motifs is 3. The van der Waals surface area contributed by atoms with Crippen LogP contribution in [0.2, 0.25) is 5.02 Å². The first-order chi connectivity index (χ1) is 11.7. The van der Waals surface area contributed by atoms with Crippen LogP contribution in [-0.2, 0) is 0 Å². The second-order valence-corrected chi connectivity index (χ2v) is 5.76. The van der Waals surface area contributed by atoms with Crippen LogP contribution >= 0.6 is 11.6 Å². The fourth-order valence-electron chi connectivity index (χ4n) is 2.70. The Morgan fingerprint density at radius 2 is 1.96 bits per heavy atom. The number of halogens is 1. The minimum Gasteiger partial charge on any atom is -0.495 e. The van der Waals surface area contributed by atoms with Crippen molar-refractivity contribution in [2.24, 2.45) is 0 Å². The Morgan fingerprint density at radius 3 is 2.79 bits per heavy atom. The van der Waals surface area contributed by atoms with Gasteiger partial charge in [0.15, 0.2) is 5.65 Å². The van der Waals surface area contributed by atoms with Crippen LogP contribution in [0.1, 0.15) is 5.82 Å². The molecule has 0 spiro atoms. The zero-order valence-electron chi connectivity index (χ0n) is 13.1. The number of nitrogens with zero attached hydrogens (tertiary/aromatic N) is 4. The Hall–Kier alpha value is -2.86. The van der Waals surface area contributed by atoms with Crippen molar-refractivity contribution in [2.75, 3.05) is 12.4 Å². The molecule has 0 aliphatic rings. The van der Waals surface area contributed by atoms with Crippen molar-refractivity contribution in [2.45, 2.75) is 6.92 Å². The minimum atomic E-state index is 0.603. The van der Waals surface area contributed by atoms with Gasteiger partial charge in [-0.3, -0.25) is 0 Å². The van der Waals surface area contributed by atoms with Crippen molar-refractivity contribution in [3.05, 3.63) is 53.3 Å². The van der Waals surface area contributed by atoms with Crippen LogP contribution in [0.25, 0.3) is 16.6 Å². The van der Waals surface area contributed by atoms with Crippen LogP contribution < -0.4 is 10.1 Å².